The van der Waals surface area contributed by atoms with Crippen LogP contribution in [0, 0.1) is 0 Å². The van der Waals surface area contributed by atoms with Gasteiger partial charge in [0.1, 0.15) is 11.4 Å². The first kappa shape index (κ1) is 24.7. The van der Waals surface area contributed by atoms with E-state index in [0.29, 0.717) is 32.2 Å². The number of nitrogens with one attached hydrogen (secondary N) is 3. The molecule has 11 heteroatoms. The molecular formula is C18H24F3IN6O. The number of aromatic nitrogens is 2. The van der Waals surface area contributed by atoms with E-state index in [9.17, 15) is 13.2 Å². The lowest BCUT2D eigenvalue weighted by Crippen LogP contribution is -2.40. The average Bonchev–Trinajstić information content (AvgIpc) is 2.69. The first-order valence-electron chi connectivity index (χ1n) is 8.75. The van der Waals surface area contributed by atoms with Crippen molar-refractivity contribution in [1.82, 2.24) is 20.6 Å². The third kappa shape index (κ3) is 9.63. The molecule has 0 bridgehead atoms. The molecule has 1 aromatic carbocycles. The van der Waals surface area contributed by atoms with Crippen LogP contribution >= 0.6 is 24.0 Å². The summed E-state index contributed by atoms with van der Waals surface area (Å²) >= 11 is 0. The minimum atomic E-state index is -4.49. The van der Waals surface area contributed by atoms with Crippen LogP contribution in [0.4, 0.5) is 19.1 Å². The highest BCUT2D eigenvalue weighted by Gasteiger charge is 2.32. The summed E-state index contributed by atoms with van der Waals surface area (Å²) in [5.41, 5.74) is -0.979. The van der Waals surface area contributed by atoms with Crippen molar-refractivity contribution in [3.8, 4) is 5.75 Å². The van der Waals surface area contributed by atoms with Gasteiger partial charge in [-0.1, -0.05) is 18.2 Å². The molecular weight excluding hydrogens is 500 g/mol. The highest BCUT2D eigenvalue weighted by atomic mass is 127. The maximum Gasteiger partial charge on any atom is 0.433 e. The Bertz CT molecular complexity index is 746. The summed E-state index contributed by atoms with van der Waals surface area (Å²) in [6, 6.07) is 10.4. The summed E-state index contributed by atoms with van der Waals surface area (Å²) in [6.07, 6.45) is -2.64. The molecule has 0 amide bonds. The molecule has 0 aliphatic heterocycles. The number of hydrogen-bond donors (Lipinski definition) is 3. The maximum atomic E-state index is 12.6. The Morgan fingerprint density at radius 2 is 1.79 bits per heavy atom. The minimum absolute atomic E-state index is 0. The Morgan fingerprint density at radius 3 is 2.48 bits per heavy atom. The lowest BCUT2D eigenvalue weighted by Gasteiger charge is -2.13. The molecule has 0 unspecified atom stereocenters. The highest BCUT2D eigenvalue weighted by Crippen LogP contribution is 2.27. The molecule has 0 saturated heterocycles. The second-order valence-corrected chi connectivity index (χ2v) is 5.63. The Hall–Kier alpha value is -2.31. The van der Waals surface area contributed by atoms with Crippen molar-refractivity contribution in [1.29, 1.82) is 0 Å². The van der Waals surface area contributed by atoms with Crippen LogP contribution in [0.5, 0.6) is 5.75 Å². The molecule has 0 aliphatic rings. The van der Waals surface area contributed by atoms with Crippen molar-refractivity contribution in [3.05, 3.63) is 48.3 Å². The van der Waals surface area contributed by atoms with Gasteiger partial charge in [-0.15, -0.1) is 24.0 Å². The first-order valence-corrected chi connectivity index (χ1v) is 8.75. The number of halogens is 4. The number of alkyl halides is 3. The smallest absolute Gasteiger partial charge is 0.433 e. The van der Waals surface area contributed by atoms with Gasteiger partial charge in [0, 0.05) is 32.9 Å². The topological polar surface area (TPSA) is 83.5 Å². The molecule has 1 heterocycles. The molecule has 0 atom stereocenters. The zero-order valence-corrected chi connectivity index (χ0v) is 18.2. The van der Waals surface area contributed by atoms with Gasteiger partial charge < -0.3 is 20.7 Å². The van der Waals surface area contributed by atoms with Crippen molar-refractivity contribution in [2.75, 3.05) is 38.6 Å². The van der Waals surface area contributed by atoms with Gasteiger partial charge in [0.25, 0.3) is 0 Å². The molecule has 3 N–H and O–H groups in total. The zero-order chi connectivity index (χ0) is 20.2. The van der Waals surface area contributed by atoms with Crippen LogP contribution in [-0.4, -0.2) is 49.2 Å². The van der Waals surface area contributed by atoms with Gasteiger partial charge in [-0.2, -0.15) is 13.2 Å². The van der Waals surface area contributed by atoms with Gasteiger partial charge >= 0.3 is 6.18 Å². The fourth-order valence-electron chi connectivity index (χ4n) is 2.16. The Balaban J connectivity index is 0.00000420. The van der Waals surface area contributed by atoms with Gasteiger partial charge in [0.2, 0.25) is 5.95 Å². The SMILES string of the molecule is CN=C(NCCCOc1ccccc1)NCCNc1nccc(C(F)(F)F)n1.I. The number of nitrogens with zero attached hydrogens (tertiary/aromatic N) is 3. The minimum Gasteiger partial charge on any atom is -0.494 e. The highest BCUT2D eigenvalue weighted by molar-refractivity contribution is 14.0. The summed E-state index contributed by atoms with van der Waals surface area (Å²) in [4.78, 5) is 11.3. The van der Waals surface area contributed by atoms with E-state index in [1.165, 1.54) is 0 Å². The normalized spacial score (nSPS) is 11.4. The number of rotatable bonds is 9. The van der Waals surface area contributed by atoms with E-state index in [0.717, 1.165) is 24.4 Å². The molecule has 1 aromatic heterocycles. The molecule has 0 fully saturated rings. The van der Waals surface area contributed by atoms with E-state index in [1.807, 2.05) is 30.3 Å². The van der Waals surface area contributed by atoms with Crippen LogP contribution in [0.25, 0.3) is 0 Å². The van der Waals surface area contributed by atoms with Gasteiger partial charge in [-0.25, -0.2) is 9.97 Å². The van der Waals surface area contributed by atoms with Gasteiger partial charge in [0.05, 0.1) is 6.61 Å². The summed E-state index contributed by atoms with van der Waals surface area (Å²) in [5, 5.41) is 8.93. The standard InChI is InChI=1S/C18H23F3N6O.HI/c1-22-16(23-9-5-13-28-14-6-3-2-4-7-14)25-11-12-26-17-24-10-8-15(27-17)18(19,20)21;/h2-4,6-8,10H,5,9,11-13H2,1H3,(H2,22,23,25)(H,24,26,27);1H. The van der Waals surface area contributed by atoms with Gasteiger partial charge in [-0.05, 0) is 24.6 Å². The molecule has 0 saturated carbocycles. The van der Waals surface area contributed by atoms with E-state index in [2.05, 4.69) is 30.9 Å². The summed E-state index contributed by atoms with van der Waals surface area (Å²) in [6.45, 7) is 2.00. The molecule has 2 aromatic rings. The molecule has 7 nitrogen and oxygen atoms in total. The van der Waals surface area contributed by atoms with Crippen molar-refractivity contribution in [3.63, 3.8) is 0 Å². The number of benzene rings is 1. The summed E-state index contributed by atoms with van der Waals surface area (Å²) in [5.74, 6) is 1.34. The van der Waals surface area contributed by atoms with Crippen LogP contribution in [0.3, 0.4) is 0 Å². The summed E-state index contributed by atoms with van der Waals surface area (Å²) in [7, 11) is 1.64. The largest absolute Gasteiger partial charge is 0.494 e. The fraction of sp³-hybridized carbons (Fsp3) is 0.389. The van der Waals surface area contributed by atoms with Crippen molar-refractivity contribution < 1.29 is 17.9 Å². The zero-order valence-electron chi connectivity index (χ0n) is 15.9. The Morgan fingerprint density at radius 1 is 1.07 bits per heavy atom. The number of para-hydroxylation sites is 1. The van der Waals surface area contributed by atoms with E-state index >= 15 is 0 Å². The van der Waals surface area contributed by atoms with E-state index < -0.39 is 11.9 Å². The number of aliphatic imine (C=N–C) groups is 1. The molecule has 160 valence electrons. The summed E-state index contributed by atoms with van der Waals surface area (Å²) < 4.78 is 43.4. The van der Waals surface area contributed by atoms with Crippen LogP contribution in [0.15, 0.2) is 47.6 Å². The third-order valence-corrected chi connectivity index (χ3v) is 3.50. The molecule has 0 radical (unpaired) electrons. The molecule has 29 heavy (non-hydrogen) atoms. The fourth-order valence-corrected chi connectivity index (χ4v) is 2.16. The van der Waals surface area contributed by atoms with Crippen molar-refractivity contribution in [2.24, 2.45) is 4.99 Å². The molecule has 2 rings (SSSR count). The predicted molar refractivity (Wildman–Crippen MR) is 117 cm³/mol. The van der Waals surface area contributed by atoms with Crippen LogP contribution in [-0.2, 0) is 6.18 Å². The number of hydrogen-bond acceptors (Lipinski definition) is 5. The van der Waals surface area contributed by atoms with Crippen LogP contribution in [0.1, 0.15) is 12.1 Å². The lowest BCUT2D eigenvalue weighted by molar-refractivity contribution is -0.141. The Kier molecular flexibility index (Phi) is 11.1. The van der Waals surface area contributed by atoms with Crippen molar-refractivity contribution in [2.45, 2.75) is 12.6 Å². The molecule has 0 aliphatic carbocycles. The first-order chi connectivity index (χ1) is 13.5. The van der Waals surface area contributed by atoms with E-state index in [1.54, 1.807) is 7.05 Å². The quantitative estimate of drug-likeness (QED) is 0.203. The van der Waals surface area contributed by atoms with E-state index in [4.69, 9.17) is 4.74 Å². The maximum absolute atomic E-state index is 12.6. The monoisotopic (exact) mass is 524 g/mol. The second kappa shape index (κ2) is 13.0. The third-order valence-electron chi connectivity index (χ3n) is 3.50. The van der Waals surface area contributed by atoms with Crippen molar-refractivity contribution >= 4 is 35.9 Å². The van der Waals surface area contributed by atoms with E-state index in [-0.39, 0.29) is 29.9 Å². The predicted octanol–water partition coefficient (Wildman–Crippen LogP) is 3.16. The van der Waals surface area contributed by atoms with Gasteiger partial charge in [0.15, 0.2) is 5.96 Å². The second-order valence-electron chi connectivity index (χ2n) is 5.63. The Labute approximate surface area is 184 Å². The number of anilines is 1. The van der Waals surface area contributed by atoms with Crippen LogP contribution < -0.4 is 20.7 Å². The van der Waals surface area contributed by atoms with Gasteiger partial charge in [-0.3, -0.25) is 4.99 Å². The molecule has 0 spiro atoms. The lowest BCUT2D eigenvalue weighted by atomic mass is 10.3. The number of ether oxygens (including phenoxy) is 1. The van der Waals surface area contributed by atoms with Crippen LogP contribution in [0.2, 0.25) is 0 Å². The number of guanidine groups is 1. The average molecular weight is 524 g/mol.